The highest BCUT2D eigenvalue weighted by Crippen LogP contribution is 2.38. The lowest BCUT2D eigenvalue weighted by molar-refractivity contribution is 0.294. The van der Waals surface area contributed by atoms with Crippen LogP contribution in [0.25, 0.3) is 0 Å². The van der Waals surface area contributed by atoms with Gasteiger partial charge in [-0.25, -0.2) is 0 Å². The van der Waals surface area contributed by atoms with E-state index in [1.165, 1.54) is 12.8 Å². The maximum atomic E-state index is 2.30. The third-order valence-corrected chi connectivity index (χ3v) is 2.05. The Bertz CT molecular complexity index is 72.2. The maximum Gasteiger partial charge on any atom is 0.0176 e. The lowest BCUT2D eigenvalue weighted by atomic mass is 10.3. The van der Waals surface area contributed by atoms with Crippen molar-refractivity contribution in [2.45, 2.75) is 25.3 Å². The maximum absolute atomic E-state index is 2.30. The van der Waals surface area contributed by atoms with Gasteiger partial charge in [-0.3, -0.25) is 0 Å². The second-order valence-corrected chi connectivity index (χ2v) is 2.89. The standard InChI is InChI=1S/C6H13N/c1-6(4-5-6)7(2)3/h4-5H2,1-3H3. The van der Waals surface area contributed by atoms with Crippen LogP contribution >= 0.6 is 0 Å². The largest absolute Gasteiger partial charge is 0.304 e. The quantitative estimate of drug-likeness (QED) is 0.476. The summed E-state index contributed by atoms with van der Waals surface area (Å²) in [7, 11) is 4.29. The van der Waals surface area contributed by atoms with Crippen LogP contribution in [0.5, 0.6) is 0 Å². The molecular formula is C6H13N. The zero-order valence-electron chi connectivity index (χ0n) is 5.36. The molecule has 0 saturated heterocycles. The summed E-state index contributed by atoms with van der Waals surface area (Å²) < 4.78 is 0. The zero-order chi connectivity index (χ0) is 5.49. The van der Waals surface area contributed by atoms with Gasteiger partial charge in [0.1, 0.15) is 0 Å². The topological polar surface area (TPSA) is 3.24 Å². The molecule has 0 heterocycles. The Balaban J connectivity index is 2.39. The summed E-state index contributed by atoms with van der Waals surface area (Å²) in [5.74, 6) is 0. The Kier molecular flexibility index (Phi) is 0.890. The SMILES string of the molecule is CN(C)C1(C)CC1. The summed E-state index contributed by atoms with van der Waals surface area (Å²) in [5.41, 5.74) is 0.583. The van der Waals surface area contributed by atoms with Crippen LogP contribution in [0.1, 0.15) is 19.8 Å². The predicted octanol–water partition coefficient (Wildman–Crippen LogP) is 1.10. The second kappa shape index (κ2) is 1.22. The van der Waals surface area contributed by atoms with Gasteiger partial charge in [-0.1, -0.05) is 0 Å². The van der Waals surface area contributed by atoms with Gasteiger partial charge >= 0.3 is 0 Å². The zero-order valence-corrected chi connectivity index (χ0v) is 5.36. The molecule has 0 N–H and O–H groups in total. The van der Waals surface area contributed by atoms with Crippen LogP contribution in [0.2, 0.25) is 0 Å². The smallest absolute Gasteiger partial charge is 0.0176 e. The molecular weight excluding hydrogens is 86.1 g/mol. The second-order valence-electron chi connectivity index (χ2n) is 2.89. The number of rotatable bonds is 1. The van der Waals surface area contributed by atoms with E-state index < -0.39 is 0 Å². The third kappa shape index (κ3) is 0.778. The first-order chi connectivity index (χ1) is 3.15. The van der Waals surface area contributed by atoms with E-state index >= 15 is 0 Å². The molecule has 0 unspecified atom stereocenters. The van der Waals surface area contributed by atoms with E-state index in [1.54, 1.807) is 0 Å². The van der Waals surface area contributed by atoms with Crippen LogP contribution in [0.4, 0.5) is 0 Å². The molecule has 1 saturated carbocycles. The molecule has 1 aliphatic rings. The number of hydrogen-bond acceptors (Lipinski definition) is 1. The minimum atomic E-state index is 0.583. The molecule has 0 aliphatic heterocycles. The molecule has 0 aromatic carbocycles. The van der Waals surface area contributed by atoms with Crippen LogP contribution in [0.15, 0.2) is 0 Å². The lowest BCUT2D eigenvalue weighted by Crippen LogP contribution is -2.25. The molecule has 0 atom stereocenters. The number of hydrogen-bond donors (Lipinski definition) is 0. The summed E-state index contributed by atoms with van der Waals surface area (Å²) >= 11 is 0. The summed E-state index contributed by atoms with van der Waals surface area (Å²) in [6.07, 6.45) is 2.78. The van der Waals surface area contributed by atoms with Gasteiger partial charge in [0.25, 0.3) is 0 Å². The van der Waals surface area contributed by atoms with E-state index in [-0.39, 0.29) is 0 Å². The Labute approximate surface area is 45.3 Å². The van der Waals surface area contributed by atoms with Gasteiger partial charge in [0.2, 0.25) is 0 Å². The monoisotopic (exact) mass is 99.1 g/mol. The van der Waals surface area contributed by atoms with Crippen molar-refractivity contribution in [2.75, 3.05) is 14.1 Å². The first-order valence-electron chi connectivity index (χ1n) is 2.83. The lowest BCUT2D eigenvalue weighted by Gasteiger charge is -2.16. The van der Waals surface area contributed by atoms with Gasteiger partial charge in [0.15, 0.2) is 0 Å². The van der Waals surface area contributed by atoms with Crippen LogP contribution in [-0.4, -0.2) is 24.5 Å². The Hall–Kier alpha value is -0.0400. The molecule has 1 rings (SSSR count). The van der Waals surface area contributed by atoms with Crippen LogP contribution in [0, 0.1) is 0 Å². The van der Waals surface area contributed by atoms with Crippen LogP contribution in [-0.2, 0) is 0 Å². The summed E-state index contributed by atoms with van der Waals surface area (Å²) in [6.45, 7) is 2.30. The van der Waals surface area contributed by atoms with E-state index in [2.05, 4.69) is 25.9 Å². The van der Waals surface area contributed by atoms with Gasteiger partial charge in [-0.05, 0) is 33.9 Å². The van der Waals surface area contributed by atoms with E-state index in [9.17, 15) is 0 Å². The highest BCUT2D eigenvalue weighted by molar-refractivity contribution is 4.96. The molecule has 0 radical (unpaired) electrons. The molecule has 1 heteroatoms. The van der Waals surface area contributed by atoms with Crippen LogP contribution < -0.4 is 0 Å². The average Bonchev–Trinajstić information content (AvgIpc) is 2.21. The Morgan fingerprint density at radius 1 is 1.29 bits per heavy atom. The van der Waals surface area contributed by atoms with Gasteiger partial charge in [0.05, 0.1) is 0 Å². The van der Waals surface area contributed by atoms with Gasteiger partial charge < -0.3 is 4.90 Å². The minimum Gasteiger partial charge on any atom is -0.304 e. The van der Waals surface area contributed by atoms with Crippen molar-refractivity contribution < 1.29 is 0 Å². The minimum absolute atomic E-state index is 0.583. The highest BCUT2D eigenvalue weighted by Gasteiger charge is 2.38. The third-order valence-electron chi connectivity index (χ3n) is 2.05. The fourth-order valence-electron chi connectivity index (χ4n) is 0.628. The van der Waals surface area contributed by atoms with E-state index in [1.807, 2.05) is 0 Å². The van der Waals surface area contributed by atoms with Gasteiger partial charge in [-0.15, -0.1) is 0 Å². The fraction of sp³-hybridized carbons (Fsp3) is 1.00. The van der Waals surface area contributed by atoms with Crippen molar-refractivity contribution in [1.29, 1.82) is 0 Å². The van der Waals surface area contributed by atoms with E-state index in [4.69, 9.17) is 0 Å². The predicted molar refractivity (Wildman–Crippen MR) is 31.3 cm³/mol. The van der Waals surface area contributed by atoms with Gasteiger partial charge in [0, 0.05) is 5.54 Å². The van der Waals surface area contributed by atoms with Crippen molar-refractivity contribution in [3.8, 4) is 0 Å². The molecule has 1 aliphatic carbocycles. The highest BCUT2D eigenvalue weighted by atomic mass is 15.2. The normalized spacial score (nSPS) is 25.7. The molecule has 1 nitrogen and oxygen atoms in total. The van der Waals surface area contributed by atoms with E-state index in [0.717, 1.165) is 0 Å². The fourth-order valence-corrected chi connectivity index (χ4v) is 0.628. The van der Waals surface area contributed by atoms with Crippen molar-refractivity contribution in [1.82, 2.24) is 4.90 Å². The summed E-state index contributed by atoms with van der Waals surface area (Å²) in [5, 5.41) is 0. The number of nitrogens with zero attached hydrogens (tertiary/aromatic N) is 1. The average molecular weight is 99.2 g/mol. The van der Waals surface area contributed by atoms with Crippen molar-refractivity contribution in [2.24, 2.45) is 0 Å². The van der Waals surface area contributed by atoms with Crippen LogP contribution in [0.3, 0.4) is 0 Å². The molecule has 42 valence electrons. The molecule has 1 fully saturated rings. The van der Waals surface area contributed by atoms with Crippen molar-refractivity contribution in [3.63, 3.8) is 0 Å². The molecule has 0 spiro atoms. The van der Waals surface area contributed by atoms with E-state index in [0.29, 0.717) is 5.54 Å². The molecule has 0 aromatic heterocycles. The van der Waals surface area contributed by atoms with Crippen molar-refractivity contribution in [3.05, 3.63) is 0 Å². The first kappa shape index (κ1) is 5.10. The Morgan fingerprint density at radius 3 is 1.71 bits per heavy atom. The summed E-state index contributed by atoms with van der Waals surface area (Å²) in [6, 6.07) is 0. The first-order valence-corrected chi connectivity index (χ1v) is 2.83. The Morgan fingerprint density at radius 2 is 1.71 bits per heavy atom. The molecule has 0 bridgehead atoms. The van der Waals surface area contributed by atoms with Gasteiger partial charge in [-0.2, -0.15) is 0 Å². The van der Waals surface area contributed by atoms with Crippen molar-refractivity contribution >= 4 is 0 Å². The molecule has 0 aromatic rings. The molecule has 0 amide bonds. The summed E-state index contributed by atoms with van der Waals surface area (Å²) in [4.78, 5) is 2.30. The molecule has 7 heavy (non-hydrogen) atoms.